The van der Waals surface area contributed by atoms with Crippen LogP contribution in [0.15, 0.2) is 11.5 Å². The molecule has 0 spiro atoms. The molecule has 0 aromatic carbocycles. The van der Waals surface area contributed by atoms with E-state index >= 15 is 0 Å². The van der Waals surface area contributed by atoms with Crippen molar-refractivity contribution in [3.63, 3.8) is 0 Å². The third-order valence-electron chi connectivity index (χ3n) is 0.889. The summed E-state index contributed by atoms with van der Waals surface area (Å²) in [6, 6.07) is 0. The van der Waals surface area contributed by atoms with Crippen molar-refractivity contribution in [1.82, 2.24) is 0 Å². The monoisotopic (exact) mass is 130 g/mol. The fourth-order valence-electron chi connectivity index (χ4n) is 0.537. The molecule has 0 amide bonds. The molecule has 0 aromatic rings. The number of allylic oxidation sites excluding steroid dienone is 1. The Morgan fingerprint density at radius 2 is 2.38 bits per heavy atom. The quantitative estimate of drug-likeness (QED) is 0.425. The molecule has 1 atom stereocenters. The van der Waals surface area contributed by atoms with Gasteiger partial charge in [0.2, 0.25) is 0 Å². The first-order valence-corrected chi connectivity index (χ1v) is 4.12. The first-order valence-electron chi connectivity index (χ1n) is 2.16. The second kappa shape index (κ2) is 1.45. The maximum absolute atomic E-state index is 10.8. The van der Waals surface area contributed by atoms with Gasteiger partial charge in [-0.25, -0.2) is 0 Å². The van der Waals surface area contributed by atoms with Crippen molar-refractivity contribution in [3.8, 4) is 0 Å². The van der Waals surface area contributed by atoms with Gasteiger partial charge in [-0.15, -0.1) is 0 Å². The highest BCUT2D eigenvalue weighted by Gasteiger charge is 2.11. The fourth-order valence-corrected chi connectivity index (χ4v) is 1.61. The van der Waals surface area contributed by atoms with E-state index in [2.05, 4.69) is 5.87 Å². The van der Waals surface area contributed by atoms with Gasteiger partial charge < -0.3 is 0 Å². The maximum atomic E-state index is 10.8. The van der Waals surface area contributed by atoms with Gasteiger partial charge in [0, 0.05) is 0 Å². The van der Waals surface area contributed by atoms with E-state index in [-0.39, 0.29) is 11.5 Å². The number of carbonyl (C=O) groups excluding carboxylic acids is 1. The number of ketones is 1. The second-order valence-electron chi connectivity index (χ2n) is 1.78. The lowest BCUT2D eigenvalue weighted by molar-refractivity contribution is -0.112. The molecule has 1 aliphatic rings. The van der Waals surface area contributed by atoms with Gasteiger partial charge in [-0.2, -0.15) is 0 Å². The normalized spacial score (nSPS) is 36.2. The topological polar surface area (TPSA) is 34.1 Å². The molecule has 1 heterocycles. The maximum Gasteiger partial charge on any atom is 0.168 e. The Balaban J connectivity index is 3.06. The number of hydrogen-bond donors (Lipinski definition) is 0. The SMILES string of the molecule is C=S1(=O)C=CC(=O)C1. The average molecular weight is 130 g/mol. The van der Waals surface area contributed by atoms with E-state index in [0.717, 1.165) is 0 Å². The van der Waals surface area contributed by atoms with E-state index in [0.29, 0.717) is 0 Å². The van der Waals surface area contributed by atoms with Crippen LogP contribution in [0, 0.1) is 0 Å². The molecular formula is C5H6O2S. The Morgan fingerprint density at radius 3 is 2.50 bits per heavy atom. The first kappa shape index (κ1) is 5.56. The molecule has 0 N–H and O–H groups in total. The van der Waals surface area contributed by atoms with Gasteiger partial charge in [0.05, 0.1) is 5.75 Å². The lowest BCUT2D eigenvalue weighted by atomic mass is 10.5. The summed E-state index contributed by atoms with van der Waals surface area (Å²) in [5.41, 5.74) is 0. The standard InChI is InChI=1S/C5H6O2S/c1-8(7)3-2-5(6)4-8/h2-3H,1,4H2. The minimum Gasteiger partial charge on any atom is -0.294 e. The van der Waals surface area contributed by atoms with Crippen LogP contribution in [0.25, 0.3) is 0 Å². The fraction of sp³-hybridized carbons (Fsp3) is 0.200. The van der Waals surface area contributed by atoms with Crippen LogP contribution in [0.5, 0.6) is 0 Å². The van der Waals surface area contributed by atoms with Gasteiger partial charge >= 0.3 is 0 Å². The van der Waals surface area contributed by atoms with Crippen molar-refractivity contribution in [2.24, 2.45) is 0 Å². The molecule has 44 valence electrons. The molecule has 0 aromatic heterocycles. The van der Waals surface area contributed by atoms with Crippen molar-refractivity contribution >= 4 is 21.2 Å². The van der Waals surface area contributed by atoms with Crippen LogP contribution in [-0.4, -0.2) is 21.6 Å². The minimum atomic E-state index is -2.13. The molecule has 0 bridgehead atoms. The molecule has 1 rings (SSSR count). The number of hydrogen-bond acceptors (Lipinski definition) is 2. The van der Waals surface area contributed by atoms with E-state index in [1.54, 1.807) is 0 Å². The smallest absolute Gasteiger partial charge is 0.168 e. The zero-order valence-corrected chi connectivity index (χ0v) is 5.11. The van der Waals surface area contributed by atoms with Gasteiger partial charge in [0.15, 0.2) is 5.78 Å². The average Bonchev–Trinajstić information content (AvgIpc) is 1.82. The highest BCUT2D eigenvalue weighted by Crippen LogP contribution is 2.01. The molecule has 0 saturated heterocycles. The van der Waals surface area contributed by atoms with Crippen molar-refractivity contribution < 1.29 is 9.00 Å². The summed E-state index contributed by atoms with van der Waals surface area (Å²) < 4.78 is 10.8. The van der Waals surface area contributed by atoms with E-state index in [4.69, 9.17) is 0 Å². The number of rotatable bonds is 0. The van der Waals surface area contributed by atoms with Crippen molar-refractivity contribution in [2.75, 3.05) is 5.75 Å². The van der Waals surface area contributed by atoms with Gasteiger partial charge in [-0.05, 0) is 26.9 Å². The number of carbonyl (C=O) groups is 1. The Morgan fingerprint density at radius 1 is 1.75 bits per heavy atom. The van der Waals surface area contributed by atoms with Crippen molar-refractivity contribution in [2.45, 2.75) is 0 Å². The Hall–Kier alpha value is -0.570. The van der Waals surface area contributed by atoms with Gasteiger partial charge in [0.25, 0.3) is 0 Å². The Labute approximate surface area is 48.2 Å². The molecule has 1 unspecified atom stereocenters. The molecule has 1 aliphatic heterocycles. The van der Waals surface area contributed by atoms with Crippen molar-refractivity contribution in [3.05, 3.63) is 11.5 Å². The molecule has 8 heavy (non-hydrogen) atoms. The predicted molar refractivity (Wildman–Crippen MR) is 34.3 cm³/mol. The molecular weight excluding hydrogens is 124 g/mol. The zero-order valence-electron chi connectivity index (χ0n) is 4.29. The Bertz CT molecular complexity index is 233. The summed E-state index contributed by atoms with van der Waals surface area (Å²) in [6.45, 7) is 0. The second-order valence-corrected chi connectivity index (χ2v) is 4.08. The van der Waals surface area contributed by atoms with Crippen LogP contribution in [0.3, 0.4) is 0 Å². The van der Waals surface area contributed by atoms with E-state index < -0.39 is 9.52 Å². The summed E-state index contributed by atoms with van der Waals surface area (Å²) in [4.78, 5) is 10.4. The van der Waals surface area contributed by atoms with Gasteiger partial charge in [0.1, 0.15) is 0 Å². The van der Waals surface area contributed by atoms with Crippen LogP contribution >= 0.6 is 0 Å². The van der Waals surface area contributed by atoms with E-state index in [1.807, 2.05) is 0 Å². The van der Waals surface area contributed by atoms with Crippen LogP contribution in [0.1, 0.15) is 0 Å². The minimum absolute atomic E-state index is 0.0787. The lowest BCUT2D eigenvalue weighted by Gasteiger charge is -1.86. The third-order valence-corrected chi connectivity index (χ3v) is 2.29. The van der Waals surface area contributed by atoms with E-state index in [9.17, 15) is 9.00 Å². The van der Waals surface area contributed by atoms with E-state index in [1.165, 1.54) is 11.5 Å². The molecule has 3 heteroatoms. The van der Waals surface area contributed by atoms with Crippen LogP contribution in [0.2, 0.25) is 0 Å². The highest BCUT2D eigenvalue weighted by atomic mass is 32.2. The lowest BCUT2D eigenvalue weighted by Crippen LogP contribution is -2.02. The first-order chi connectivity index (χ1) is 3.60. The van der Waals surface area contributed by atoms with Crippen LogP contribution < -0.4 is 0 Å². The summed E-state index contributed by atoms with van der Waals surface area (Å²) >= 11 is 0. The summed E-state index contributed by atoms with van der Waals surface area (Å²) in [6.07, 6.45) is 1.33. The van der Waals surface area contributed by atoms with Gasteiger partial charge in [-0.1, -0.05) is 0 Å². The van der Waals surface area contributed by atoms with Gasteiger partial charge in [-0.3, -0.25) is 9.00 Å². The third kappa shape index (κ3) is 0.980. The molecule has 0 saturated carbocycles. The Kier molecular flexibility index (Phi) is 1.01. The molecule has 0 aliphatic carbocycles. The molecule has 2 nitrogen and oxygen atoms in total. The summed E-state index contributed by atoms with van der Waals surface area (Å²) in [5, 5.41) is 1.38. The summed E-state index contributed by atoms with van der Waals surface area (Å²) in [5.74, 6) is 3.37. The summed E-state index contributed by atoms with van der Waals surface area (Å²) in [7, 11) is -2.13. The van der Waals surface area contributed by atoms with Crippen LogP contribution in [0.4, 0.5) is 0 Å². The van der Waals surface area contributed by atoms with Crippen molar-refractivity contribution in [1.29, 1.82) is 0 Å². The molecule has 0 radical (unpaired) electrons. The zero-order chi connectivity index (χ0) is 6.20. The predicted octanol–water partition coefficient (Wildman–Crippen LogP) is -0.201. The largest absolute Gasteiger partial charge is 0.294 e. The van der Waals surface area contributed by atoms with Crippen LogP contribution in [-0.2, 0) is 14.3 Å². The highest BCUT2D eigenvalue weighted by molar-refractivity contribution is 8.04. The molecule has 0 fully saturated rings.